The second-order valence-corrected chi connectivity index (χ2v) is 4.84. The lowest BCUT2D eigenvalue weighted by atomic mass is 10.2. The largest absolute Gasteiger partial charge is 0.376 e. The number of nitrogens with zero attached hydrogens (tertiary/aromatic N) is 1. The number of hydrogen-bond donors (Lipinski definition) is 1. The molecule has 19 heavy (non-hydrogen) atoms. The van der Waals surface area contributed by atoms with Crippen molar-refractivity contribution in [2.75, 3.05) is 5.32 Å². The molecular formula is C14H14ClFN2O. The predicted octanol–water partition coefficient (Wildman–Crippen LogP) is 3.10. The van der Waals surface area contributed by atoms with E-state index in [1.807, 2.05) is 6.92 Å². The van der Waals surface area contributed by atoms with Crippen LogP contribution >= 0.6 is 11.6 Å². The summed E-state index contributed by atoms with van der Waals surface area (Å²) in [7, 11) is 1.70. The normalized spacial score (nSPS) is 10.5. The summed E-state index contributed by atoms with van der Waals surface area (Å²) in [6.45, 7) is 2.29. The van der Waals surface area contributed by atoms with E-state index in [0.717, 1.165) is 11.1 Å². The number of benzene rings is 1. The number of aromatic nitrogens is 1. The van der Waals surface area contributed by atoms with Crippen molar-refractivity contribution in [2.24, 2.45) is 7.05 Å². The molecule has 0 saturated heterocycles. The SMILES string of the molecule is Cc1cc(NCc2ccc(F)cc2Cl)c(=O)n(C)c1. The Morgan fingerprint density at radius 1 is 1.37 bits per heavy atom. The van der Waals surface area contributed by atoms with Gasteiger partial charge in [0, 0.05) is 24.8 Å². The number of anilines is 1. The fourth-order valence-electron chi connectivity index (χ4n) is 1.86. The summed E-state index contributed by atoms with van der Waals surface area (Å²) in [5, 5.41) is 3.38. The maximum absolute atomic E-state index is 12.9. The molecule has 0 aliphatic heterocycles. The zero-order chi connectivity index (χ0) is 14.0. The molecule has 0 radical (unpaired) electrons. The van der Waals surface area contributed by atoms with Crippen molar-refractivity contribution in [1.82, 2.24) is 4.57 Å². The molecule has 0 saturated carbocycles. The Hall–Kier alpha value is -1.81. The lowest BCUT2D eigenvalue weighted by Crippen LogP contribution is -2.21. The monoisotopic (exact) mass is 280 g/mol. The molecule has 1 aromatic carbocycles. The first-order valence-electron chi connectivity index (χ1n) is 5.82. The fraction of sp³-hybridized carbons (Fsp3) is 0.214. The standard InChI is InChI=1S/C14H14ClFN2O/c1-9-5-13(14(19)18(2)8-9)17-7-10-3-4-11(16)6-12(10)15/h3-6,8,17H,7H2,1-2H3. The minimum absolute atomic E-state index is 0.108. The predicted molar refractivity (Wildman–Crippen MR) is 75.2 cm³/mol. The highest BCUT2D eigenvalue weighted by Crippen LogP contribution is 2.18. The molecule has 2 rings (SSSR count). The van der Waals surface area contributed by atoms with E-state index < -0.39 is 0 Å². The number of nitrogens with one attached hydrogen (secondary N) is 1. The highest BCUT2D eigenvalue weighted by atomic mass is 35.5. The van der Waals surface area contributed by atoms with Crippen LogP contribution in [0.15, 0.2) is 35.3 Å². The van der Waals surface area contributed by atoms with Gasteiger partial charge in [0.25, 0.3) is 5.56 Å². The molecule has 0 amide bonds. The third-order valence-corrected chi connectivity index (χ3v) is 3.16. The van der Waals surface area contributed by atoms with Crippen molar-refractivity contribution < 1.29 is 4.39 Å². The Balaban J connectivity index is 2.21. The van der Waals surface area contributed by atoms with Crippen LogP contribution in [0.4, 0.5) is 10.1 Å². The van der Waals surface area contributed by atoms with Gasteiger partial charge in [0.05, 0.1) is 0 Å². The van der Waals surface area contributed by atoms with Crippen LogP contribution in [0.3, 0.4) is 0 Å². The van der Waals surface area contributed by atoms with E-state index in [9.17, 15) is 9.18 Å². The average Bonchev–Trinajstić information content (AvgIpc) is 2.33. The second kappa shape index (κ2) is 5.45. The Morgan fingerprint density at radius 2 is 2.11 bits per heavy atom. The quantitative estimate of drug-likeness (QED) is 0.937. The summed E-state index contributed by atoms with van der Waals surface area (Å²) in [5.74, 6) is -0.375. The highest BCUT2D eigenvalue weighted by molar-refractivity contribution is 6.31. The lowest BCUT2D eigenvalue weighted by Gasteiger charge is -2.10. The Labute approximate surface area is 115 Å². The van der Waals surface area contributed by atoms with Gasteiger partial charge in [-0.25, -0.2) is 4.39 Å². The summed E-state index contributed by atoms with van der Waals surface area (Å²) in [6.07, 6.45) is 1.76. The van der Waals surface area contributed by atoms with Gasteiger partial charge in [-0.3, -0.25) is 4.79 Å². The molecule has 0 spiro atoms. The smallest absolute Gasteiger partial charge is 0.273 e. The van der Waals surface area contributed by atoms with Gasteiger partial charge < -0.3 is 9.88 Å². The van der Waals surface area contributed by atoms with E-state index in [1.54, 1.807) is 25.4 Å². The molecule has 1 aromatic heterocycles. The maximum atomic E-state index is 12.9. The molecule has 0 bridgehead atoms. The van der Waals surface area contributed by atoms with Crippen LogP contribution in [0.2, 0.25) is 5.02 Å². The van der Waals surface area contributed by atoms with E-state index in [1.165, 1.54) is 16.7 Å². The second-order valence-electron chi connectivity index (χ2n) is 4.44. The molecule has 0 atom stereocenters. The first kappa shape index (κ1) is 13.6. The molecule has 0 aliphatic rings. The summed E-state index contributed by atoms with van der Waals surface area (Å²) < 4.78 is 14.4. The molecule has 0 fully saturated rings. The number of rotatable bonds is 3. The highest BCUT2D eigenvalue weighted by Gasteiger charge is 2.05. The van der Waals surface area contributed by atoms with Crippen molar-refractivity contribution >= 4 is 17.3 Å². The van der Waals surface area contributed by atoms with Gasteiger partial charge in [-0.1, -0.05) is 17.7 Å². The van der Waals surface area contributed by atoms with E-state index in [4.69, 9.17) is 11.6 Å². The zero-order valence-corrected chi connectivity index (χ0v) is 11.5. The van der Waals surface area contributed by atoms with E-state index in [2.05, 4.69) is 5.32 Å². The molecule has 0 aliphatic carbocycles. The van der Waals surface area contributed by atoms with Crippen molar-refractivity contribution in [3.8, 4) is 0 Å². The number of aryl methyl sites for hydroxylation is 2. The summed E-state index contributed by atoms with van der Waals surface area (Å²) in [4.78, 5) is 11.9. The minimum atomic E-state index is -0.375. The topological polar surface area (TPSA) is 34.0 Å². The number of hydrogen-bond acceptors (Lipinski definition) is 2. The fourth-order valence-corrected chi connectivity index (χ4v) is 2.10. The summed E-state index contributed by atoms with van der Waals surface area (Å²) >= 11 is 5.93. The number of pyridine rings is 1. The molecule has 3 nitrogen and oxygen atoms in total. The van der Waals surface area contributed by atoms with Crippen LogP contribution in [-0.2, 0) is 13.6 Å². The maximum Gasteiger partial charge on any atom is 0.273 e. The van der Waals surface area contributed by atoms with Crippen LogP contribution in [0.5, 0.6) is 0 Å². The Kier molecular flexibility index (Phi) is 3.90. The molecule has 1 heterocycles. The molecule has 0 unspecified atom stereocenters. The van der Waals surface area contributed by atoms with Crippen molar-refractivity contribution in [2.45, 2.75) is 13.5 Å². The first-order valence-corrected chi connectivity index (χ1v) is 6.20. The van der Waals surface area contributed by atoms with Gasteiger partial charge in [-0.15, -0.1) is 0 Å². The summed E-state index contributed by atoms with van der Waals surface area (Å²) in [5.41, 5.74) is 2.12. The third kappa shape index (κ3) is 3.15. The van der Waals surface area contributed by atoms with Crippen molar-refractivity contribution in [3.05, 3.63) is 62.8 Å². The minimum Gasteiger partial charge on any atom is -0.376 e. The molecule has 100 valence electrons. The Bertz CT molecular complexity index is 667. The molecule has 5 heteroatoms. The number of halogens is 2. The first-order chi connectivity index (χ1) is 8.97. The van der Waals surface area contributed by atoms with Gasteiger partial charge in [0.2, 0.25) is 0 Å². The van der Waals surface area contributed by atoms with Gasteiger partial charge in [-0.2, -0.15) is 0 Å². The molecular weight excluding hydrogens is 267 g/mol. The molecule has 2 aromatic rings. The lowest BCUT2D eigenvalue weighted by molar-refractivity contribution is 0.627. The van der Waals surface area contributed by atoms with Crippen LogP contribution in [-0.4, -0.2) is 4.57 Å². The zero-order valence-electron chi connectivity index (χ0n) is 10.7. The van der Waals surface area contributed by atoms with Gasteiger partial charge in [0.15, 0.2) is 0 Å². The van der Waals surface area contributed by atoms with Crippen LogP contribution in [0, 0.1) is 12.7 Å². The van der Waals surface area contributed by atoms with E-state index >= 15 is 0 Å². The van der Waals surface area contributed by atoms with Crippen molar-refractivity contribution in [1.29, 1.82) is 0 Å². The van der Waals surface area contributed by atoms with Gasteiger partial charge in [-0.05, 0) is 36.2 Å². The van der Waals surface area contributed by atoms with E-state index in [-0.39, 0.29) is 11.4 Å². The average molecular weight is 281 g/mol. The van der Waals surface area contributed by atoms with Crippen LogP contribution in [0.1, 0.15) is 11.1 Å². The third-order valence-electron chi connectivity index (χ3n) is 2.80. The van der Waals surface area contributed by atoms with Crippen LogP contribution in [0.25, 0.3) is 0 Å². The molecule has 1 N–H and O–H groups in total. The van der Waals surface area contributed by atoms with Gasteiger partial charge in [0.1, 0.15) is 11.5 Å². The Morgan fingerprint density at radius 3 is 2.79 bits per heavy atom. The summed E-state index contributed by atoms with van der Waals surface area (Å²) in [6, 6.07) is 5.98. The van der Waals surface area contributed by atoms with Crippen LogP contribution < -0.4 is 10.9 Å². The van der Waals surface area contributed by atoms with Gasteiger partial charge >= 0.3 is 0 Å². The van der Waals surface area contributed by atoms with Crippen molar-refractivity contribution in [3.63, 3.8) is 0 Å². The van der Waals surface area contributed by atoms with E-state index in [0.29, 0.717) is 17.3 Å².